The Morgan fingerprint density at radius 3 is 2.42 bits per heavy atom. The standard InChI is InChI=1S/C18H21BrN2O4S/c1-4-18(22)20-16-11-15(9-10-17(16)25-3)26(23,24)21-12(2)13-5-7-14(19)8-6-13/h5-12,21H,4H2,1-3H3,(H,20,22)/t12-/m0/s1. The summed E-state index contributed by atoms with van der Waals surface area (Å²) in [6.45, 7) is 3.48. The molecule has 0 aromatic heterocycles. The molecule has 0 radical (unpaired) electrons. The van der Waals surface area contributed by atoms with Crippen LogP contribution in [-0.2, 0) is 14.8 Å². The zero-order valence-electron chi connectivity index (χ0n) is 14.7. The molecule has 0 spiro atoms. The van der Waals surface area contributed by atoms with Gasteiger partial charge in [0.2, 0.25) is 15.9 Å². The Morgan fingerprint density at radius 2 is 1.85 bits per heavy atom. The van der Waals surface area contributed by atoms with Gasteiger partial charge in [0.05, 0.1) is 17.7 Å². The van der Waals surface area contributed by atoms with Crippen LogP contribution >= 0.6 is 15.9 Å². The number of ether oxygens (including phenoxy) is 1. The number of methoxy groups -OCH3 is 1. The van der Waals surface area contributed by atoms with Gasteiger partial charge in [-0.05, 0) is 42.8 Å². The highest BCUT2D eigenvalue weighted by Gasteiger charge is 2.20. The lowest BCUT2D eigenvalue weighted by atomic mass is 10.1. The van der Waals surface area contributed by atoms with Crippen LogP contribution in [0.15, 0.2) is 51.8 Å². The summed E-state index contributed by atoms with van der Waals surface area (Å²) < 4.78 is 34.2. The number of carbonyl (C=O) groups is 1. The molecule has 6 nitrogen and oxygen atoms in total. The first kappa shape index (κ1) is 20.4. The van der Waals surface area contributed by atoms with Gasteiger partial charge in [0.25, 0.3) is 0 Å². The van der Waals surface area contributed by atoms with Crippen LogP contribution in [0.3, 0.4) is 0 Å². The number of nitrogens with one attached hydrogen (secondary N) is 2. The van der Waals surface area contributed by atoms with Crippen molar-refractivity contribution in [1.82, 2.24) is 4.72 Å². The Hall–Kier alpha value is -1.90. The normalized spacial score (nSPS) is 12.5. The second kappa shape index (κ2) is 8.66. The molecule has 0 unspecified atom stereocenters. The molecule has 2 aromatic carbocycles. The van der Waals surface area contributed by atoms with Gasteiger partial charge in [-0.2, -0.15) is 0 Å². The smallest absolute Gasteiger partial charge is 0.241 e. The second-order valence-electron chi connectivity index (χ2n) is 5.66. The van der Waals surface area contributed by atoms with Crippen LogP contribution in [-0.4, -0.2) is 21.4 Å². The van der Waals surface area contributed by atoms with Gasteiger partial charge in [-0.15, -0.1) is 0 Å². The third-order valence-electron chi connectivity index (χ3n) is 3.78. The van der Waals surface area contributed by atoms with Crippen molar-refractivity contribution in [2.45, 2.75) is 31.2 Å². The lowest BCUT2D eigenvalue weighted by Gasteiger charge is -2.16. The second-order valence-corrected chi connectivity index (χ2v) is 8.29. The molecule has 1 atom stereocenters. The third-order valence-corrected chi connectivity index (χ3v) is 5.85. The number of carbonyl (C=O) groups excluding carboxylic acids is 1. The Kier molecular flexibility index (Phi) is 6.80. The molecule has 0 fully saturated rings. The highest BCUT2D eigenvalue weighted by atomic mass is 79.9. The van der Waals surface area contributed by atoms with E-state index in [9.17, 15) is 13.2 Å². The molecule has 0 heterocycles. The lowest BCUT2D eigenvalue weighted by molar-refractivity contribution is -0.115. The van der Waals surface area contributed by atoms with Gasteiger partial charge in [-0.1, -0.05) is 35.0 Å². The van der Waals surface area contributed by atoms with E-state index in [-0.39, 0.29) is 17.2 Å². The van der Waals surface area contributed by atoms with Crippen molar-refractivity contribution in [1.29, 1.82) is 0 Å². The van der Waals surface area contributed by atoms with E-state index in [0.29, 0.717) is 11.4 Å². The third kappa shape index (κ3) is 5.06. The van der Waals surface area contributed by atoms with E-state index in [0.717, 1.165) is 10.0 Å². The van der Waals surface area contributed by atoms with Crippen LogP contribution in [0.1, 0.15) is 31.9 Å². The van der Waals surface area contributed by atoms with Crippen molar-refractivity contribution in [3.05, 3.63) is 52.5 Å². The summed E-state index contributed by atoms with van der Waals surface area (Å²) in [5.41, 5.74) is 1.16. The fourth-order valence-corrected chi connectivity index (χ4v) is 3.83. The minimum atomic E-state index is -3.78. The molecule has 2 N–H and O–H groups in total. The molecule has 0 saturated heterocycles. The molecule has 0 aliphatic heterocycles. The van der Waals surface area contributed by atoms with Gasteiger partial charge in [0.15, 0.2) is 0 Å². The minimum absolute atomic E-state index is 0.0497. The van der Waals surface area contributed by atoms with Gasteiger partial charge in [-0.25, -0.2) is 13.1 Å². The maximum atomic E-state index is 12.7. The van der Waals surface area contributed by atoms with Gasteiger partial charge in [0.1, 0.15) is 5.75 Å². The molecule has 1 amide bonds. The van der Waals surface area contributed by atoms with Crippen molar-refractivity contribution in [3.8, 4) is 5.75 Å². The number of hydrogen-bond donors (Lipinski definition) is 2. The van der Waals surface area contributed by atoms with E-state index in [4.69, 9.17) is 4.74 Å². The maximum Gasteiger partial charge on any atom is 0.241 e. The number of benzene rings is 2. The maximum absolute atomic E-state index is 12.7. The Bertz CT molecular complexity index is 883. The molecule has 140 valence electrons. The van der Waals surface area contributed by atoms with E-state index in [2.05, 4.69) is 26.0 Å². The van der Waals surface area contributed by atoms with E-state index in [1.165, 1.54) is 25.3 Å². The quantitative estimate of drug-likeness (QED) is 0.684. The number of sulfonamides is 1. The minimum Gasteiger partial charge on any atom is -0.495 e. The summed E-state index contributed by atoms with van der Waals surface area (Å²) in [5.74, 6) is 0.167. The topological polar surface area (TPSA) is 84.5 Å². The Balaban J connectivity index is 2.28. The van der Waals surface area contributed by atoms with Crippen molar-refractivity contribution < 1.29 is 17.9 Å². The summed E-state index contributed by atoms with van der Waals surface area (Å²) >= 11 is 3.35. The summed E-state index contributed by atoms with van der Waals surface area (Å²) in [6.07, 6.45) is 0.277. The van der Waals surface area contributed by atoms with Crippen LogP contribution < -0.4 is 14.8 Å². The first-order valence-corrected chi connectivity index (χ1v) is 10.3. The first-order valence-electron chi connectivity index (χ1n) is 8.02. The van der Waals surface area contributed by atoms with Gasteiger partial charge >= 0.3 is 0 Å². The van der Waals surface area contributed by atoms with Gasteiger partial charge in [0, 0.05) is 16.9 Å². The molecule has 2 rings (SSSR count). The molecule has 0 aliphatic rings. The SMILES string of the molecule is CCC(=O)Nc1cc(S(=O)(=O)N[C@@H](C)c2ccc(Br)cc2)ccc1OC. The van der Waals surface area contributed by atoms with E-state index >= 15 is 0 Å². The van der Waals surface area contributed by atoms with Crippen molar-refractivity contribution in [2.75, 3.05) is 12.4 Å². The molecule has 0 saturated carbocycles. The molecular formula is C18H21BrN2O4S. The number of rotatable bonds is 7. The summed E-state index contributed by atoms with van der Waals surface area (Å²) in [7, 11) is -2.32. The van der Waals surface area contributed by atoms with Crippen molar-refractivity contribution in [2.24, 2.45) is 0 Å². The highest BCUT2D eigenvalue weighted by molar-refractivity contribution is 9.10. The molecular weight excluding hydrogens is 420 g/mol. The highest BCUT2D eigenvalue weighted by Crippen LogP contribution is 2.28. The van der Waals surface area contributed by atoms with Crippen LogP contribution in [0.4, 0.5) is 5.69 Å². The number of hydrogen-bond acceptors (Lipinski definition) is 4. The average molecular weight is 441 g/mol. The van der Waals surface area contributed by atoms with Gasteiger partial charge < -0.3 is 10.1 Å². The lowest BCUT2D eigenvalue weighted by Crippen LogP contribution is -2.27. The zero-order chi connectivity index (χ0) is 19.3. The van der Waals surface area contributed by atoms with Crippen LogP contribution in [0.5, 0.6) is 5.75 Å². The van der Waals surface area contributed by atoms with Crippen LogP contribution in [0.2, 0.25) is 0 Å². The Morgan fingerprint density at radius 1 is 1.19 bits per heavy atom. The molecule has 0 bridgehead atoms. The monoisotopic (exact) mass is 440 g/mol. The van der Waals surface area contributed by atoms with Crippen LogP contribution in [0, 0.1) is 0 Å². The molecule has 2 aromatic rings. The van der Waals surface area contributed by atoms with Crippen LogP contribution in [0.25, 0.3) is 0 Å². The van der Waals surface area contributed by atoms with E-state index in [1.54, 1.807) is 13.8 Å². The van der Waals surface area contributed by atoms with Gasteiger partial charge in [-0.3, -0.25) is 4.79 Å². The van der Waals surface area contributed by atoms with Crippen molar-refractivity contribution >= 4 is 37.5 Å². The molecule has 8 heteroatoms. The predicted molar refractivity (Wildman–Crippen MR) is 105 cm³/mol. The average Bonchev–Trinajstić information content (AvgIpc) is 2.61. The van der Waals surface area contributed by atoms with E-state index < -0.39 is 16.1 Å². The molecule has 26 heavy (non-hydrogen) atoms. The fraction of sp³-hybridized carbons (Fsp3) is 0.278. The number of anilines is 1. The first-order chi connectivity index (χ1) is 12.3. The largest absolute Gasteiger partial charge is 0.495 e. The fourth-order valence-electron chi connectivity index (χ4n) is 2.31. The zero-order valence-corrected chi connectivity index (χ0v) is 17.1. The summed E-state index contributed by atoms with van der Waals surface area (Å²) in [5, 5.41) is 2.65. The number of amides is 1. The Labute approximate surface area is 162 Å². The predicted octanol–water partition coefficient (Wildman–Crippen LogP) is 3.85. The van der Waals surface area contributed by atoms with Crippen molar-refractivity contribution in [3.63, 3.8) is 0 Å². The summed E-state index contributed by atoms with van der Waals surface area (Å²) in [6, 6.07) is 11.3. The molecule has 0 aliphatic carbocycles. The van der Waals surface area contributed by atoms with E-state index in [1.807, 2.05) is 24.3 Å². The number of halogens is 1. The summed E-state index contributed by atoms with van der Waals surface area (Å²) in [4.78, 5) is 11.7.